The highest BCUT2D eigenvalue weighted by Gasteiger charge is 2.27. The maximum atomic E-state index is 13.1. The molecular weight excluding hydrogens is 255 g/mol. The molecule has 0 bridgehead atoms. The third kappa shape index (κ3) is 3.19. The van der Waals surface area contributed by atoms with Crippen LogP contribution in [0, 0.1) is 5.82 Å². The van der Waals surface area contributed by atoms with Gasteiger partial charge >= 0.3 is 5.97 Å². The lowest BCUT2D eigenvalue weighted by Crippen LogP contribution is -2.43. The van der Waals surface area contributed by atoms with Crippen molar-refractivity contribution in [3.63, 3.8) is 0 Å². The second-order valence-corrected chi connectivity index (χ2v) is 4.61. The van der Waals surface area contributed by atoms with Crippen LogP contribution in [0.4, 0.5) is 4.39 Å². The summed E-state index contributed by atoms with van der Waals surface area (Å²) < 4.78 is 37.8. The topological polar surface area (TPSA) is 117 Å². The number of hydrogen-bond donors (Lipinski definition) is 3. The summed E-state index contributed by atoms with van der Waals surface area (Å²) in [6, 6.07) is 0.312. The number of aliphatic carboxylic acids is 1. The van der Waals surface area contributed by atoms with Crippen LogP contribution in [0.5, 0.6) is 0 Å². The molecule has 3 N–H and O–H groups in total. The van der Waals surface area contributed by atoms with E-state index in [1.807, 2.05) is 0 Å². The van der Waals surface area contributed by atoms with Gasteiger partial charge in [0, 0.05) is 6.20 Å². The molecule has 94 valence electrons. The van der Waals surface area contributed by atoms with Gasteiger partial charge in [-0.05, 0) is 12.1 Å². The van der Waals surface area contributed by atoms with Crippen molar-refractivity contribution in [3.8, 4) is 0 Å². The molecule has 0 saturated heterocycles. The van der Waals surface area contributed by atoms with E-state index < -0.39 is 39.5 Å². The number of sulfonamides is 1. The number of pyridine rings is 1. The van der Waals surface area contributed by atoms with Gasteiger partial charge in [0.25, 0.3) is 10.0 Å². The van der Waals surface area contributed by atoms with Crippen LogP contribution in [0.15, 0.2) is 23.4 Å². The Labute approximate surface area is 96.0 Å². The number of carboxylic acids is 1. The van der Waals surface area contributed by atoms with Crippen molar-refractivity contribution in [2.75, 3.05) is 6.61 Å². The molecule has 7 nitrogen and oxygen atoms in total. The van der Waals surface area contributed by atoms with Gasteiger partial charge in [-0.3, -0.25) is 4.79 Å². The zero-order valence-electron chi connectivity index (χ0n) is 8.37. The molecule has 0 amide bonds. The standard InChI is InChI=1S/C8H9FN2O5S/c9-5-2-1-3-10-7(5)17(15,16)11-6(4-12)8(13)14/h1-3,6,11-12H,4H2,(H,13,14)/t6-/m1/s1. The lowest BCUT2D eigenvalue weighted by molar-refractivity contribution is -0.139. The third-order valence-electron chi connectivity index (χ3n) is 1.76. The van der Waals surface area contributed by atoms with E-state index in [1.165, 1.54) is 6.07 Å². The molecule has 0 spiro atoms. The van der Waals surface area contributed by atoms with Crippen molar-refractivity contribution >= 4 is 16.0 Å². The zero-order chi connectivity index (χ0) is 13.1. The predicted molar refractivity (Wildman–Crippen MR) is 53.0 cm³/mol. The van der Waals surface area contributed by atoms with E-state index in [0.29, 0.717) is 0 Å². The molecule has 9 heteroatoms. The van der Waals surface area contributed by atoms with Gasteiger partial charge in [0.15, 0.2) is 5.82 Å². The zero-order valence-corrected chi connectivity index (χ0v) is 9.19. The van der Waals surface area contributed by atoms with Crippen LogP contribution in [-0.2, 0) is 14.8 Å². The molecule has 1 heterocycles. The largest absolute Gasteiger partial charge is 0.480 e. The van der Waals surface area contributed by atoms with Gasteiger partial charge in [0.1, 0.15) is 6.04 Å². The molecule has 0 aliphatic heterocycles. The highest BCUT2D eigenvalue weighted by atomic mass is 32.2. The Hall–Kier alpha value is -1.58. The number of carbonyl (C=O) groups is 1. The smallest absolute Gasteiger partial charge is 0.324 e. The van der Waals surface area contributed by atoms with Crippen molar-refractivity contribution in [2.24, 2.45) is 0 Å². The molecular formula is C8H9FN2O5S. The van der Waals surface area contributed by atoms with Gasteiger partial charge in [-0.2, -0.15) is 4.72 Å². The van der Waals surface area contributed by atoms with Crippen LogP contribution in [0.25, 0.3) is 0 Å². The van der Waals surface area contributed by atoms with Gasteiger partial charge < -0.3 is 10.2 Å². The Kier molecular flexibility index (Phi) is 4.10. The fraction of sp³-hybridized carbons (Fsp3) is 0.250. The maximum Gasteiger partial charge on any atom is 0.324 e. The van der Waals surface area contributed by atoms with E-state index in [0.717, 1.165) is 12.3 Å². The SMILES string of the molecule is O=C(O)[C@@H](CO)NS(=O)(=O)c1ncccc1F. The lowest BCUT2D eigenvalue weighted by Gasteiger charge is -2.11. The first kappa shape index (κ1) is 13.5. The summed E-state index contributed by atoms with van der Waals surface area (Å²) in [4.78, 5) is 13.8. The van der Waals surface area contributed by atoms with Crippen molar-refractivity contribution in [2.45, 2.75) is 11.1 Å². The van der Waals surface area contributed by atoms with Crippen molar-refractivity contribution < 1.29 is 27.8 Å². The fourth-order valence-electron chi connectivity index (χ4n) is 0.978. The summed E-state index contributed by atoms with van der Waals surface area (Å²) in [5.41, 5.74) is 0. The number of carboxylic acid groups (broad SMARTS) is 1. The Bertz CT molecular complexity index is 518. The number of rotatable bonds is 5. The lowest BCUT2D eigenvalue weighted by atomic mass is 10.3. The molecule has 0 radical (unpaired) electrons. The van der Waals surface area contributed by atoms with Crippen molar-refractivity contribution in [3.05, 3.63) is 24.1 Å². The van der Waals surface area contributed by atoms with E-state index in [9.17, 15) is 17.6 Å². The van der Waals surface area contributed by atoms with E-state index in [1.54, 1.807) is 4.72 Å². The second kappa shape index (κ2) is 5.17. The Morgan fingerprint density at radius 1 is 1.59 bits per heavy atom. The molecule has 0 saturated carbocycles. The Balaban J connectivity index is 3.05. The second-order valence-electron chi connectivity index (χ2n) is 2.99. The van der Waals surface area contributed by atoms with Crippen LogP contribution in [-0.4, -0.2) is 42.2 Å². The van der Waals surface area contributed by atoms with Gasteiger partial charge in [0.05, 0.1) is 6.61 Å². The number of aliphatic hydroxyl groups is 1. The normalized spacial score (nSPS) is 13.3. The first-order chi connectivity index (χ1) is 7.88. The van der Waals surface area contributed by atoms with Crippen molar-refractivity contribution in [1.82, 2.24) is 9.71 Å². The summed E-state index contributed by atoms with van der Waals surface area (Å²) in [7, 11) is -4.42. The monoisotopic (exact) mass is 264 g/mol. The average molecular weight is 264 g/mol. The molecule has 1 aromatic heterocycles. The molecule has 17 heavy (non-hydrogen) atoms. The van der Waals surface area contributed by atoms with Crippen LogP contribution < -0.4 is 4.72 Å². The third-order valence-corrected chi connectivity index (χ3v) is 3.16. The minimum Gasteiger partial charge on any atom is -0.480 e. The molecule has 0 aromatic carbocycles. The minimum atomic E-state index is -4.42. The van der Waals surface area contributed by atoms with E-state index in [2.05, 4.69) is 4.98 Å². The van der Waals surface area contributed by atoms with Crippen LogP contribution >= 0.6 is 0 Å². The quantitative estimate of drug-likeness (QED) is 0.624. The molecule has 1 rings (SSSR count). The molecule has 0 aliphatic carbocycles. The van der Waals surface area contributed by atoms with E-state index in [4.69, 9.17) is 10.2 Å². The molecule has 1 aromatic rings. The Morgan fingerprint density at radius 3 is 2.71 bits per heavy atom. The summed E-state index contributed by atoms with van der Waals surface area (Å²) >= 11 is 0. The molecule has 0 fully saturated rings. The van der Waals surface area contributed by atoms with Crippen LogP contribution in [0.3, 0.4) is 0 Å². The van der Waals surface area contributed by atoms with E-state index >= 15 is 0 Å². The highest BCUT2D eigenvalue weighted by molar-refractivity contribution is 7.89. The van der Waals surface area contributed by atoms with Gasteiger partial charge in [-0.25, -0.2) is 17.8 Å². The number of aliphatic hydroxyl groups excluding tert-OH is 1. The first-order valence-electron chi connectivity index (χ1n) is 4.35. The highest BCUT2D eigenvalue weighted by Crippen LogP contribution is 2.10. The Morgan fingerprint density at radius 2 is 2.24 bits per heavy atom. The van der Waals surface area contributed by atoms with Gasteiger partial charge in [-0.1, -0.05) is 0 Å². The summed E-state index contributed by atoms with van der Waals surface area (Å²) in [6.07, 6.45) is 1.05. The summed E-state index contributed by atoms with van der Waals surface area (Å²) in [5.74, 6) is -2.69. The molecule has 0 unspecified atom stereocenters. The number of halogens is 1. The van der Waals surface area contributed by atoms with Crippen LogP contribution in [0.1, 0.15) is 0 Å². The fourth-order valence-corrected chi connectivity index (χ4v) is 2.16. The average Bonchev–Trinajstić information content (AvgIpc) is 2.26. The van der Waals surface area contributed by atoms with E-state index in [-0.39, 0.29) is 0 Å². The van der Waals surface area contributed by atoms with Gasteiger partial charge in [-0.15, -0.1) is 0 Å². The number of nitrogens with one attached hydrogen (secondary N) is 1. The number of hydrogen-bond acceptors (Lipinski definition) is 5. The minimum absolute atomic E-state index is 0.871. The van der Waals surface area contributed by atoms with Gasteiger partial charge in [0.2, 0.25) is 5.03 Å². The summed E-state index contributed by atoms with van der Waals surface area (Å²) in [6.45, 7) is -0.955. The maximum absolute atomic E-state index is 13.1. The van der Waals surface area contributed by atoms with Crippen molar-refractivity contribution in [1.29, 1.82) is 0 Å². The predicted octanol–water partition coefficient (Wildman–Crippen LogP) is -1.06. The first-order valence-corrected chi connectivity index (χ1v) is 5.83. The molecule has 0 aliphatic rings. The molecule has 1 atom stereocenters. The summed E-state index contributed by atoms with van der Waals surface area (Å²) in [5, 5.41) is 16.3. The number of aromatic nitrogens is 1. The van der Waals surface area contributed by atoms with Crippen LogP contribution in [0.2, 0.25) is 0 Å². The number of nitrogens with zero attached hydrogens (tertiary/aromatic N) is 1.